The summed E-state index contributed by atoms with van der Waals surface area (Å²) in [4.78, 5) is 29.8. The van der Waals surface area contributed by atoms with E-state index in [1.165, 1.54) is 5.56 Å². The van der Waals surface area contributed by atoms with Crippen LogP contribution in [-0.2, 0) is 13.1 Å². The first-order valence-electron chi connectivity index (χ1n) is 12.0. The van der Waals surface area contributed by atoms with Gasteiger partial charge in [0.05, 0.1) is 23.9 Å². The fourth-order valence-corrected chi connectivity index (χ4v) is 4.75. The van der Waals surface area contributed by atoms with Crippen molar-refractivity contribution in [1.29, 1.82) is 0 Å². The number of para-hydroxylation sites is 2. The molecule has 11 nitrogen and oxygen atoms in total. The predicted octanol–water partition coefficient (Wildman–Crippen LogP) is 2.89. The van der Waals surface area contributed by atoms with Crippen LogP contribution >= 0.6 is 0 Å². The monoisotopic (exact) mass is 483 g/mol. The van der Waals surface area contributed by atoms with Crippen LogP contribution in [0.15, 0.2) is 48.8 Å². The van der Waals surface area contributed by atoms with Gasteiger partial charge in [-0.2, -0.15) is 9.97 Å². The van der Waals surface area contributed by atoms with E-state index in [9.17, 15) is 0 Å². The van der Waals surface area contributed by atoms with E-state index in [0.717, 1.165) is 72.4 Å². The molecular weight excluding hydrogens is 458 g/mol. The number of hydrogen-bond acceptors (Lipinski definition) is 9. The van der Waals surface area contributed by atoms with Crippen LogP contribution in [0.4, 0.5) is 11.8 Å². The average Bonchev–Trinajstić information content (AvgIpc) is 3.66. The fraction of sp³-hybridized carbons (Fsp3) is 0.280. The minimum absolute atomic E-state index is 0.299. The Labute approximate surface area is 206 Å². The molecule has 11 heteroatoms. The summed E-state index contributed by atoms with van der Waals surface area (Å²) >= 11 is 0. The molecule has 0 aliphatic carbocycles. The average molecular weight is 484 g/mol. The highest BCUT2D eigenvalue weighted by molar-refractivity contribution is 5.83. The Bertz CT molecular complexity index is 1500. The molecule has 0 spiro atoms. The summed E-state index contributed by atoms with van der Waals surface area (Å²) in [6.45, 7) is 5.19. The van der Waals surface area contributed by atoms with Gasteiger partial charge in [0.2, 0.25) is 12.7 Å². The zero-order valence-electron chi connectivity index (χ0n) is 19.6. The molecule has 5 aromatic rings. The smallest absolute Gasteiger partial charge is 0.231 e. The zero-order chi connectivity index (χ0) is 23.9. The Morgan fingerprint density at radius 1 is 0.944 bits per heavy atom. The number of piperazine rings is 1. The molecule has 2 aliphatic heterocycles. The molecule has 3 N–H and O–H groups in total. The van der Waals surface area contributed by atoms with Crippen molar-refractivity contribution in [2.24, 2.45) is 0 Å². The number of H-pyrrole nitrogens is 2. The van der Waals surface area contributed by atoms with E-state index in [2.05, 4.69) is 47.2 Å². The third kappa shape index (κ3) is 3.93. The largest absolute Gasteiger partial charge is 0.454 e. The Morgan fingerprint density at radius 2 is 1.83 bits per heavy atom. The summed E-state index contributed by atoms with van der Waals surface area (Å²) in [5.74, 6) is 3.90. The van der Waals surface area contributed by atoms with Crippen LogP contribution in [-0.4, -0.2) is 67.8 Å². The van der Waals surface area contributed by atoms with Crippen molar-refractivity contribution >= 4 is 34.0 Å². The number of benzene rings is 2. The lowest BCUT2D eigenvalue weighted by Gasteiger charge is -2.34. The maximum Gasteiger partial charge on any atom is 0.231 e. The molecule has 7 rings (SSSR count). The third-order valence-corrected chi connectivity index (χ3v) is 6.63. The lowest BCUT2D eigenvalue weighted by atomic mass is 10.1. The standard InChI is InChI=1S/C25H25N9O2/c1-2-4-18-17(3-1)29-21(30-18)12-26-23-22-24(28-14-27-22)32-25(31-23)34-9-7-33(8-10-34)13-16-5-6-19-20(11-16)36-15-35-19/h1-6,11,14H,7-10,12-13,15H2,(H,29,30)(H2,26,27,28,31,32). The predicted molar refractivity (Wildman–Crippen MR) is 135 cm³/mol. The van der Waals surface area contributed by atoms with Crippen molar-refractivity contribution in [2.45, 2.75) is 13.1 Å². The van der Waals surface area contributed by atoms with Crippen molar-refractivity contribution < 1.29 is 9.47 Å². The highest BCUT2D eigenvalue weighted by Gasteiger charge is 2.22. The van der Waals surface area contributed by atoms with Crippen LogP contribution in [0, 0.1) is 0 Å². The molecule has 1 fully saturated rings. The molecule has 0 saturated carbocycles. The number of nitrogens with one attached hydrogen (secondary N) is 3. The summed E-state index contributed by atoms with van der Waals surface area (Å²) in [6.07, 6.45) is 1.65. The summed E-state index contributed by atoms with van der Waals surface area (Å²) < 4.78 is 10.9. The van der Waals surface area contributed by atoms with Crippen molar-refractivity contribution in [1.82, 2.24) is 34.8 Å². The molecule has 2 aliphatic rings. The molecule has 182 valence electrons. The number of fused-ring (bicyclic) bond motifs is 3. The number of aromatic nitrogens is 6. The van der Waals surface area contributed by atoms with Gasteiger partial charge in [-0.25, -0.2) is 9.97 Å². The Kier molecular flexibility index (Phi) is 5.05. The van der Waals surface area contributed by atoms with Crippen molar-refractivity contribution in [3.8, 4) is 11.5 Å². The second kappa shape index (κ2) is 8.68. The van der Waals surface area contributed by atoms with Crippen LogP contribution < -0.4 is 19.7 Å². The number of nitrogens with zero attached hydrogens (tertiary/aromatic N) is 6. The van der Waals surface area contributed by atoms with Gasteiger partial charge in [0, 0.05) is 32.7 Å². The first-order valence-corrected chi connectivity index (χ1v) is 12.0. The lowest BCUT2D eigenvalue weighted by Crippen LogP contribution is -2.46. The number of hydrogen-bond donors (Lipinski definition) is 3. The van der Waals surface area contributed by atoms with Crippen molar-refractivity contribution in [2.75, 3.05) is 43.2 Å². The van der Waals surface area contributed by atoms with Crippen LogP contribution in [0.3, 0.4) is 0 Å². The van der Waals surface area contributed by atoms with Gasteiger partial charge in [0.25, 0.3) is 0 Å². The van der Waals surface area contributed by atoms with Crippen LogP contribution in [0.25, 0.3) is 22.2 Å². The first-order chi connectivity index (χ1) is 17.8. The molecular formula is C25H25N9O2. The van der Waals surface area contributed by atoms with E-state index in [1.807, 2.05) is 30.3 Å². The number of rotatable bonds is 6. The first kappa shape index (κ1) is 20.9. The molecule has 0 amide bonds. The van der Waals surface area contributed by atoms with Crippen molar-refractivity contribution in [3.05, 3.63) is 60.2 Å². The Hall–Kier alpha value is -4.38. The summed E-state index contributed by atoms with van der Waals surface area (Å²) in [5.41, 5.74) is 4.62. The Morgan fingerprint density at radius 3 is 2.75 bits per heavy atom. The number of anilines is 2. The quantitative estimate of drug-likeness (QED) is 0.335. The molecule has 2 aromatic carbocycles. The Balaban J connectivity index is 1.04. The van der Waals surface area contributed by atoms with Gasteiger partial charge in [-0.3, -0.25) is 4.90 Å². The highest BCUT2D eigenvalue weighted by Crippen LogP contribution is 2.33. The van der Waals surface area contributed by atoms with E-state index in [0.29, 0.717) is 24.9 Å². The fourth-order valence-electron chi connectivity index (χ4n) is 4.75. The number of aromatic amines is 2. The van der Waals surface area contributed by atoms with Crippen LogP contribution in [0.1, 0.15) is 11.4 Å². The van der Waals surface area contributed by atoms with E-state index in [-0.39, 0.29) is 0 Å². The number of imidazole rings is 2. The van der Waals surface area contributed by atoms with Gasteiger partial charge in [0.1, 0.15) is 11.3 Å². The van der Waals surface area contributed by atoms with Gasteiger partial charge in [-0.1, -0.05) is 18.2 Å². The normalized spacial score (nSPS) is 15.7. The molecule has 0 bridgehead atoms. The molecule has 5 heterocycles. The van der Waals surface area contributed by atoms with Crippen LogP contribution in [0.2, 0.25) is 0 Å². The maximum atomic E-state index is 5.52. The number of ether oxygens (including phenoxy) is 2. The second-order valence-corrected chi connectivity index (χ2v) is 8.98. The van der Waals surface area contributed by atoms with Gasteiger partial charge in [0.15, 0.2) is 23.0 Å². The minimum atomic E-state index is 0.299. The molecule has 0 atom stereocenters. The maximum absolute atomic E-state index is 5.52. The molecule has 0 radical (unpaired) electrons. The van der Waals surface area contributed by atoms with Gasteiger partial charge >= 0.3 is 0 Å². The molecule has 3 aromatic heterocycles. The molecule has 0 unspecified atom stereocenters. The van der Waals surface area contributed by atoms with Crippen molar-refractivity contribution in [3.63, 3.8) is 0 Å². The highest BCUT2D eigenvalue weighted by atomic mass is 16.7. The minimum Gasteiger partial charge on any atom is -0.454 e. The van der Waals surface area contributed by atoms with Crippen LogP contribution in [0.5, 0.6) is 11.5 Å². The van der Waals surface area contributed by atoms with E-state index in [4.69, 9.17) is 19.4 Å². The van der Waals surface area contributed by atoms with Gasteiger partial charge in [-0.05, 0) is 29.8 Å². The summed E-state index contributed by atoms with van der Waals surface area (Å²) in [7, 11) is 0. The second-order valence-electron chi connectivity index (χ2n) is 8.98. The topological polar surface area (TPSA) is 120 Å². The zero-order valence-corrected chi connectivity index (χ0v) is 19.6. The molecule has 1 saturated heterocycles. The van der Waals surface area contributed by atoms with Gasteiger partial charge in [-0.15, -0.1) is 0 Å². The van der Waals surface area contributed by atoms with Gasteiger partial charge < -0.3 is 29.7 Å². The van der Waals surface area contributed by atoms with E-state index in [1.54, 1.807) is 6.33 Å². The van der Waals surface area contributed by atoms with E-state index < -0.39 is 0 Å². The SMILES string of the molecule is c1ccc2[nH]c(CNc3nc(N4CCN(Cc5ccc6c(c5)OCO6)CC4)nc4nc[nH]c34)nc2c1. The summed E-state index contributed by atoms with van der Waals surface area (Å²) in [6, 6.07) is 14.2. The molecule has 36 heavy (non-hydrogen) atoms. The lowest BCUT2D eigenvalue weighted by molar-refractivity contribution is 0.174. The summed E-state index contributed by atoms with van der Waals surface area (Å²) in [5, 5.41) is 3.42. The third-order valence-electron chi connectivity index (χ3n) is 6.63. The van der Waals surface area contributed by atoms with E-state index >= 15 is 0 Å².